The lowest BCUT2D eigenvalue weighted by Crippen LogP contribution is -2.36. The van der Waals surface area contributed by atoms with Crippen LogP contribution in [0.1, 0.15) is 29.8 Å². The number of pyridine rings is 1. The predicted octanol–water partition coefficient (Wildman–Crippen LogP) is 2.27. The van der Waals surface area contributed by atoms with E-state index in [1.165, 1.54) is 11.3 Å². The Kier molecular flexibility index (Phi) is 4.94. The molecule has 1 saturated carbocycles. The fraction of sp³-hybridized carbons (Fsp3) is 0.444. The van der Waals surface area contributed by atoms with Crippen molar-refractivity contribution >= 4 is 34.0 Å². The van der Waals surface area contributed by atoms with Gasteiger partial charge in [-0.3, -0.25) is 19.5 Å². The molecule has 4 rings (SSSR count). The van der Waals surface area contributed by atoms with E-state index >= 15 is 0 Å². The average Bonchev–Trinajstić information content (AvgIpc) is 2.95. The fourth-order valence-corrected chi connectivity index (χ4v) is 4.21. The van der Waals surface area contributed by atoms with Crippen LogP contribution >= 0.6 is 11.3 Å². The van der Waals surface area contributed by atoms with Crippen LogP contribution in [0.2, 0.25) is 0 Å². The molecule has 0 bridgehead atoms. The van der Waals surface area contributed by atoms with Gasteiger partial charge in [0, 0.05) is 36.5 Å². The van der Waals surface area contributed by atoms with E-state index < -0.39 is 0 Å². The third-order valence-electron chi connectivity index (χ3n) is 4.83. The molecule has 0 atom stereocenters. The number of fused-ring (bicyclic) bond motifs is 1. The molecule has 0 aromatic carbocycles. The third kappa shape index (κ3) is 3.91. The summed E-state index contributed by atoms with van der Waals surface area (Å²) in [5.41, 5.74) is 1.75. The summed E-state index contributed by atoms with van der Waals surface area (Å²) in [5.74, 6) is 0.197. The number of nitrogens with zero attached hydrogens (tertiary/aromatic N) is 3. The minimum Gasteiger partial charge on any atom is -0.324 e. The lowest BCUT2D eigenvalue weighted by atomic mass is 9.85. The Balaban J connectivity index is 1.32. The molecule has 7 nitrogen and oxygen atoms in total. The van der Waals surface area contributed by atoms with Crippen LogP contribution in [-0.2, 0) is 22.6 Å². The summed E-state index contributed by atoms with van der Waals surface area (Å²) < 4.78 is 0. The Morgan fingerprint density at radius 1 is 1.31 bits per heavy atom. The maximum atomic E-state index is 12.2. The second-order valence-electron chi connectivity index (χ2n) is 6.76. The Hall–Kier alpha value is -2.32. The van der Waals surface area contributed by atoms with E-state index in [-0.39, 0.29) is 17.7 Å². The first kappa shape index (κ1) is 17.1. The van der Waals surface area contributed by atoms with Crippen molar-refractivity contribution in [3.8, 4) is 0 Å². The average molecular weight is 371 g/mol. The van der Waals surface area contributed by atoms with Crippen LogP contribution in [0, 0.1) is 5.92 Å². The number of carbonyl (C=O) groups is 2. The maximum absolute atomic E-state index is 12.2. The summed E-state index contributed by atoms with van der Waals surface area (Å²) in [7, 11) is 0. The number of amides is 2. The van der Waals surface area contributed by atoms with Gasteiger partial charge in [0.05, 0.1) is 24.1 Å². The fourth-order valence-electron chi connectivity index (χ4n) is 3.15. The summed E-state index contributed by atoms with van der Waals surface area (Å²) in [6, 6.07) is 3.61. The summed E-state index contributed by atoms with van der Waals surface area (Å²) in [6.07, 6.45) is 7.21. The van der Waals surface area contributed by atoms with Crippen molar-refractivity contribution in [1.29, 1.82) is 0 Å². The first-order chi connectivity index (χ1) is 12.7. The molecular weight excluding hydrogens is 350 g/mol. The van der Waals surface area contributed by atoms with Gasteiger partial charge in [0.1, 0.15) is 0 Å². The lowest BCUT2D eigenvalue weighted by molar-refractivity contribution is -0.122. The van der Waals surface area contributed by atoms with Crippen molar-refractivity contribution in [2.75, 3.05) is 23.7 Å². The molecule has 136 valence electrons. The molecule has 0 saturated heterocycles. The van der Waals surface area contributed by atoms with E-state index in [0.29, 0.717) is 23.9 Å². The van der Waals surface area contributed by atoms with Gasteiger partial charge in [0.25, 0.3) is 0 Å². The highest BCUT2D eigenvalue weighted by Gasteiger charge is 2.27. The Morgan fingerprint density at radius 2 is 2.19 bits per heavy atom. The smallest absolute Gasteiger partial charge is 0.238 e. The number of hydrogen-bond donors (Lipinski definition) is 2. The van der Waals surface area contributed by atoms with E-state index in [2.05, 4.69) is 25.5 Å². The Morgan fingerprint density at radius 3 is 2.92 bits per heavy atom. The molecule has 26 heavy (non-hydrogen) atoms. The zero-order chi connectivity index (χ0) is 17.9. The highest BCUT2D eigenvalue weighted by atomic mass is 32.1. The molecule has 2 amide bonds. The summed E-state index contributed by atoms with van der Waals surface area (Å²) in [5, 5.41) is 6.50. The van der Waals surface area contributed by atoms with Crippen LogP contribution in [0.5, 0.6) is 0 Å². The normalized spacial score (nSPS) is 17.2. The molecule has 2 aromatic rings. The molecule has 1 fully saturated rings. The summed E-state index contributed by atoms with van der Waals surface area (Å²) in [4.78, 5) is 36.1. The van der Waals surface area contributed by atoms with Crippen molar-refractivity contribution in [1.82, 2.24) is 14.9 Å². The Labute approximate surface area is 155 Å². The molecule has 1 aliphatic heterocycles. The number of rotatable bonds is 5. The second-order valence-corrected chi connectivity index (χ2v) is 7.84. The molecule has 0 unspecified atom stereocenters. The van der Waals surface area contributed by atoms with Gasteiger partial charge >= 0.3 is 0 Å². The Bertz CT molecular complexity index is 803. The highest BCUT2D eigenvalue weighted by Crippen LogP contribution is 2.31. The van der Waals surface area contributed by atoms with Crippen LogP contribution in [0.4, 0.5) is 10.8 Å². The van der Waals surface area contributed by atoms with Crippen molar-refractivity contribution in [2.45, 2.75) is 32.2 Å². The molecule has 1 aliphatic carbocycles. The molecule has 0 radical (unpaired) electrons. The minimum atomic E-state index is -0.0514. The van der Waals surface area contributed by atoms with Crippen LogP contribution < -0.4 is 10.6 Å². The van der Waals surface area contributed by atoms with Crippen LogP contribution in [0.15, 0.2) is 24.5 Å². The van der Waals surface area contributed by atoms with Crippen molar-refractivity contribution in [3.05, 3.63) is 35.1 Å². The van der Waals surface area contributed by atoms with E-state index in [1.54, 1.807) is 18.5 Å². The van der Waals surface area contributed by atoms with Crippen LogP contribution in [-0.4, -0.2) is 39.8 Å². The first-order valence-corrected chi connectivity index (χ1v) is 9.71. The third-order valence-corrected chi connectivity index (χ3v) is 5.83. The molecular formula is C18H21N5O2S. The van der Waals surface area contributed by atoms with Gasteiger partial charge in [-0.05, 0) is 25.0 Å². The zero-order valence-electron chi connectivity index (χ0n) is 14.4. The van der Waals surface area contributed by atoms with Gasteiger partial charge in [-0.2, -0.15) is 0 Å². The monoisotopic (exact) mass is 371 g/mol. The number of aromatic nitrogens is 2. The molecule has 3 heterocycles. The van der Waals surface area contributed by atoms with E-state index in [0.717, 1.165) is 42.8 Å². The number of anilines is 2. The predicted molar refractivity (Wildman–Crippen MR) is 99.9 cm³/mol. The van der Waals surface area contributed by atoms with Gasteiger partial charge < -0.3 is 10.6 Å². The van der Waals surface area contributed by atoms with Gasteiger partial charge in [-0.25, -0.2) is 4.98 Å². The molecule has 8 heteroatoms. The zero-order valence-corrected chi connectivity index (χ0v) is 15.2. The van der Waals surface area contributed by atoms with Gasteiger partial charge in [-0.1, -0.05) is 6.42 Å². The molecule has 2 aromatic heterocycles. The number of nitrogens with one attached hydrogen (secondary N) is 2. The molecule has 2 N–H and O–H groups in total. The maximum Gasteiger partial charge on any atom is 0.238 e. The van der Waals surface area contributed by atoms with Gasteiger partial charge in [-0.15, -0.1) is 11.3 Å². The topological polar surface area (TPSA) is 87.2 Å². The van der Waals surface area contributed by atoms with E-state index in [1.807, 2.05) is 6.07 Å². The van der Waals surface area contributed by atoms with E-state index in [4.69, 9.17) is 0 Å². The second kappa shape index (κ2) is 7.51. The lowest BCUT2D eigenvalue weighted by Gasteiger charge is -2.25. The van der Waals surface area contributed by atoms with Gasteiger partial charge in [0.15, 0.2) is 5.13 Å². The van der Waals surface area contributed by atoms with Crippen molar-refractivity contribution in [3.63, 3.8) is 0 Å². The van der Waals surface area contributed by atoms with Gasteiger partial charge in [0.2, 0.25) is 11.8 Å². The summed E-state index contributed by atoms with van der Waals surface area (Å²) in [6.45, 7) is 1.80. The van der Waals surface area contributed by atoms with Crippen LogP contribution in [0.25, 0.3) is 0 Å². The quantitative estimate of drug-likeness (QED) is 0.842. The number of thiazole rings is 1. The molecule has 0 spiro atoms. The number of hydrogen-bond acceptors (Lipinski definition) is 6. The summed E-state index contributed by atoms with van der Waals surface area (Å²) >= 11 is 1.52. The number of carbonyl (C=O) groups excluding carboxylic acids is 2. The molecule has 2 aliphatic rings. The van der Waals surface area contributed by atoms with E-state index in [9.17, 15) is 9.59 Å². The largest absolute Gasteiger partial charge is 0.324 e. The minimum absolute atomic E-state index is 0.0514. The SMILES string of the molecule is O=C(CN1CCc2nc(NC(=O)C3CCC3)sc2C1)Nc1cccnc1. The standard InChI is InChI=1S/C18H21N5O2S/c24-16(20-13-5-2-7-19-9-13)11-23-8-6-14-15(10-23)26-18(21-14)22-17(25)12-3-1-4-12/h2,5,7,9,12H,1,3-4,6,8,10-11H2,(H,20,24)(H,21,22,25). The van der Waals surface area contributed by atoms with Crippen molar-refractivity contribution < 1.29 is 9.59 Å². The first-order valence-electron chi connectivity index (χ1n) is 8.89. The highest BCUT2D eigenvalue weighted by molar-refractivity contribution is 7.15. The van der Waals surface area contributed by atoms with Crippen LogP contribution in [0.3, 0.4) is 0 Å². The van der Waals surface area contributed by atoms with Crippen molar-refractivity contribution in [2.24, 2.45) is 5.92 Å².